The maximum atomic E-state index is 5.67. The van der Waals surface area contributed by atoms with Crippen LogP contribution in [-0.4, -0.2) is 25.8 Å². The second-order valence-electron chi connectivity index (χ2n) is 6.03. The molecule has 2 unspecified atom stereocenters. The fraction of sp³-hybridized carbons (Fsp3) is 1.00. The van der Waals surface area contributed by atoms with Gasteiger partial charge in [0.15, 0.2) is 0 Å². The molecule has 0 spiro atoms. The maximum Gasteiger partial charge on any atom is 0.0699 e. The number of nitrogens with one attached hydrogen (secondary N) is 1. The highest BCUT2D eigenvalue weighted by Gasteiger charge is 2.14. The van der Waals surface area contributed by atoms with Crippen LogP contribution in [0.25, 0.3) is 0 Å². The van der Waals surface area contributed by atoms with Crippen molar-refractivity contribution in [2.45, 2.75) is 104 Å². The summed E-state index contributed by atoms with van der Waals surface area (Å²) in [5.41, 5.74) is 0. The van der Waals surface area contributed by atoms with Crippen molar-refractivity contribution in [3.05, 3.63) is 0 Å². The first-order chi connectivity index (χ1) is 9.76. The molecule has 0 bridgehead atoms. The topological polar surface area (TPSA) is 21.3 Å². The van der Waals surface area contributed by atoms with E-state index < -0.39 is 0 Å². The van der Waals surface area contributed by atoms with Crippen molar-refractivity contribution in [1.29, 1.82) is 0 Å². The van der Waals surface area contributed by atoms with Crippen LogP contribution in [-0.2, 0) is 4.74 Å². The monoisotopic (exact) mass is 285 g/mol. The average Bonchev–Trinajstić information content (AvgIpc) is 2.45. The highest BCUT2D eigenvalue weighted by Crippen LogP contribution is 2.13. The number of hydrogen-bond donors (Lipinski definition) is 1. The molecule has 20 heavy (non-hydrogen) atoms. The van der Waals surface area contributed by atoms with Gasteiger partial charge in [-0.15, -0.1) is 0 Å². The first-order valence-corrected chi connectivity index (χ1v) is 9.05. The lowest BCUT2D eigenvalue weighted by molar-refractivity contribution is 0.0466. The molecule has 122 valence electrons. The summed E-state index contributed by atoms with van der Waals surface area (Å²) in [5, 5.41) is 3.39. The Balaban J connectivity index is 3.33. The standard InChI is InChI=1S/C18H39NO/c1-5-7-8-9-10-11-12-13-14-15-16-18(19-4)17(3)20-6-2/h17-19H,5-16H2,1-4H3. The lowest BCUT2D eigenvalue weighted by Gasteiger charge is -2.23. The van der Waals surface area contributed by atoms with E-state index in [2.05, 4.69) is 33.1 Å². The van der Waals surface area contributed by atoms with E-state index in [1.54, 1.807) is 0 Å². The van der Waals surface area contributed by atoms with Crippen molar-refractivity contribution >= 4 is 0 Å². The van der Waals surface area contributed by atoms with Crippen molar-refractivity contribution in [2.24, 2.45) is 0 Å². The van der Waals surface area contributed by atoms with Crippen molar-refractivity contribution < 1.29 is 4.74 Å². The Morgan fingerprint density at radius 1 is 0.800 bits per heavy atom. The van der Waals surface area contributed by atoms with Crippen LogP contribution >= 0.6 is 0 Å². The van der Waals surface area contributed by atoms with Gasteiger partial charge in [-0.1, -0.05) is 71.1 Å². The Kier molecular flexibility index (Phi) is 15.3. The number of unbranched alkanes of at least 4 members (excludes halogenated alkanes) is 9. The highest BCUT2D eigenvalue weighted by molar-refractivity contribution is 4.71. The second-order valence-corrected chi connectivity index (χ2v) is 6.03. The summed E-state index contributed by atoms with van der Waals surface area (Å²) in [4.78, 5) is 0. The first-order valence-electron chi connectivity index (χ1n) is 9.05. The molecule has 0 aromatic heterocycles. The lowest BCUT2D eigenvalue weighted by atomic mass is 10.0. The fourth-order valence-electron chi connectivity index (χ4n) is 2.84. The predicted octanol–water partition coefficient (Wildman–Crippen LogP) is 5.31. The number of hydrogen-bond acceptors (Lipinski definition) is 2. The minimum atomic E-state index is 0.337. The van der Waals surface area contributed by atoms with Gasteiger partial charge in [-0.2, -0.15) is 0 Å². The van der Waals surface area contributed by atoms with E-state index in [1.807, 2.05) is 0 Å². The van der Waals surface area contributed by atoms with E-state index in [-0.39, 0.29) is 0 Å². The smallest absolute Gasteiger partial charge is 0.0699 e. The summed E-state index contributed by atoms with van der Waals surface area (Å²) >= 11 is 0. The Labute approximate surface area is 128 Å². The summed E-state index contributed by atoms with van der Waals surface area (Å²) in [5.74, 6) is 0. The zero-order valence-corrected chi connectivity index (χ0v) is 14.5. The molecule has 0 aliphatic carbocycles. The molecule has 0 rings (SSSR count). The van der Waals surface area contributed by atoms with Gasteiger partial charge in [-0.25, -0.2) is 0 Å². The van der Waals surface area contributed by atoms with Crippen LogP contribution in [0.4, 0.5) is 0 Å². The van der Waals surface area contributed by atoms with Crippen LogP contribution in [0.3, 0.4) is 0 Å². The minimum Gasteiger partial charge on any atom is -0.377 e. The fourth-order valence-corrected chi connectivity index (χ4v) is 2.84. The van der Waals surface area contributed by atoms with Crippen LogP contribution in [0.15, 0.2) is 0 Å². The highest BCUT2D eigenvalue weighted by atomic mass is 16.5. The summed E-state index contributed by atoms with van der Waals surface area (Å²) in [6, 6.07) is 0.518. The van der Waals surface area contributed by atoms with E-state index in [1.165, 1.54) is 70.6 Å². The molecule has 0 fully saturated rings. The van der Waals surface area contributed by atoms with E-state index in [0.29, 0.717) is 12.1 Å². The molecule has 0 saturated carbocycles. The van der Waals surface area contributed by atoms with Crippen molar-refractivity contribution in [1.82, 2.24) is 5.32 Å². The predicted molar refractivity (Wildman–Crippen MR) is 90.4 cm³/mol. The normalized spacial score (nSPS) is 14.4. The molecule has 0 saturated heterocycles. The largest absolute Gasteiger partial charge is 0.377 e. The second kappa shape index (κ2) is 15.3. The maximum absolute atomic E-state index is 5.67. The van der Waals surface area contributed by atoms with Crippen molar-refractivity contribution in [2.75, 3.05) is 13.7 Å². The van der Waals surface area contributed by atoms with E-state index in [0.717, 1.165) is 6.61 Å². The Morgan fingerprint density at radius 3 is 1.75 bits per heavy atom. The van der Waals surface area contributed by atoms with Gasteiger partial charge in [0, 0.05) is 12.6 Å². The van der Waals surface area contributed by atoms with Gasteiger partial charge in [0.25, 0.3) is 0 Å². The van der Waals surface area contributed by atoms with Gasteiger partial charge in [0.05, 0.1) is 6.10 Å². The van der Waals surface area contributed by atoms with Crippen LogP contribution in [0, 0.1) is 0 Å². The third kappa shape index (κ3) is 11.7. The van der Waals surface area contributed by atoms with E-state index >= 15 is 0 Å². The minimum absolute atomic E-state index is 0.337. The quantitative estimate of drug-likeness (QED) is 0.412. The van der Waals surface area contributed by atoms with Gasteiger partial charge in [-0.3, -0.25) is 0 Å². The van der Waals surface area contributed by atoms with E-state index in [4.69, 9.17) is 4.74 Å². The van der Waals surface area contributed by atoms with Gasteiger partial charge in [0.1, 0.15) is 0 Å². The zero-order valence-electron chi connectivity index (χ0n) is 14.5. The summed E-state index contributed by atoms with van der Waals surface area (Å²) in [6.07, 6.45) is 15.7. The van der Waals surface area contributed by atoms with Crippen molar-refractivity contribution in [3.8, 4) is 0 Å². The Morgan fingerprint density at radius 2 is 1.30 bits per heavy atom. The SMILES string of the molecule is CCCCCCCCCCCCC(NC)C(C)OCC. The molecule has 2 heteroatoms. The molecule has 1 N–H and O–H groups in total. The third-order valence-electron chi connectivity index (χ3n) is 4.24. The molecular weight excluding hydrogens is 246 g/mol. The molecule has 2 atom stereocenters. The van der Waals surface area contributed by atoms with Gasteiger partial charge in [0.2, 0.25) is 0 Å². The molecule has 0 radical (unpaired) electrons. The van der Waals surface area contributed by atoms with Crippen LogP contribution in [0.2, 0.25) is 0 Å². The molecular formula is C18H39NO. The number of likely N-dealkylation sites (N-methyl/N-ethyl adjacent to an activating group) is 1. The first kappa shape index (κ1) is 19.9. The molecule has 0 aromatic rings. The van der Waals surface area contributed by atoms with Crippen LogP contribution < -0.4 is 5.32 Å². The molecule has 2 nitrogen and oxygen atoms in total. The molecule has 0 aliphatic heterocycles. The van der Waals surface area contributed by atoms with Crippen LogP contribution in [0.1, 0.15) is 91.4 Å². The lowest BCUT2D eigenvalue weighted by Crippen LogP contribution is -2.37. The summed E-state index contributed by atoms with van der Waals surface area (Å²) in [6.45, 7) is 7.35. The number of rotatable bonds is 15. The van der Waals surface area contributed by atoms with Gasteiger partial charge < -0.3 is 10.1 Å². The summed E-state index contributed by atoms with van der Waals surface area (Å²) < 4.78 is 5.67. The van der Waals surface area contributed by atoms with Crippen molar-refractivity contribution in [3.63, 3.8) is 0 Å². The summed E-state index contributed by atoms with van der Waals surface area (Å²) in [7, 11) is 2.05. The molecule has 0 heterocycles. The number of ether oxygens (including phenoxy) is 1. The Hall–Kier alpha value is -0.0800. The Bertz CT molecular complexity index is 184. The molecule has 0 aromatic carbocycles. The average molecular weight is 286 g/mol. The molecule has 0 aliphatic rings. The van der Waals surface area contributed by atoms with Gasteiger partial charge in [-0.05, 0) is 27.3 Å². The van der Waals surface area contributed by atoms with Gasteiger partial charge >= 0.3 is 0 Å². The zero-order chi connectivity index (χ0) is 15.1. The van der Waals surface area contributed by atoms with Crippen LogP contribution in [0.5, 0.6) is 0 Å². The van der Waals surface area contributed by atoms with E-state index in [9.17, 15) is 0 Å². The third-order valence-corrected chi connectivity index (χ3v) is 4.24. The molecule has 0 amide bonds.